The van der Waals surface area contributed by atoms with Gasteiger partial charge >= 0.3 is 6.18 Å². The lowest BCUT2D eigenvalue weighted by molar-refractivity contribution is -0.137. The lowest BCUT2D eigenvalue weighted by atomic mass is 10.1. The van der Waals surface area contributed by atoms with Crippen LogP contribution in [-0.4, -0.2) is 20.9 Å². The van der Waals surface area contributed by atoms with Crippen LogP contribution >= 0.6 is 23.2 Å². The lowest BCUT2D eigenvalue weighted by Gasteiger charge is -2.16. The van der Waals surface area contributed by atoms with Gasteiger partial charge in [-0.25, -0.2) is 13.1 Å². The molecule has 0 saturated carbocycles. The van der Waals surface area contributed by atoms with Crippen LogP contribution in [0.3, 0.4) is 0 Å². The average Bonchev–Trinajstić information content (AvgIpc) is 2.79. The lowest BCUT2D eigenvalue weighted by Crippen LogP contribution is -2.27. The molecule has 0 saturated heterocycles. The largest absolute Gasteiger partial charge is 0.482 e. The highest BCUT2D eigenvalue weighted by molar-refractivity contribution is 7.89. The second-order valence-corrected chi connectivity index (χ2v) is 9.93. The van der Waals surface area contributed by atoms with Crippen LogP contribution < -0.4 is 14.8 Å². The molecule has 0 aromatic heterocycles. The van der Waals surface area contributed by atoms with E-state index in [1.54, 1.807) is 31.2 Å². The summed E-state index contributed by atoms with van der Waals surface area (Å²) in [5, 5.41) is 1.88. The van der Waals surface area contributed by atoms with Crippen LogP contribution in [0.4, 0.5) is 18.9 Å². The fourth-order valence-corrected chi connectivity index (χ4v) is 4.80. The summed E-state index contributed by atoms with van der Waals surface area (Å²) in [7, 11) is -3.93. The van der Waals surface area contributed by atoms with Crippen molar-refractivity contribution in [1.29, 1.82) is 0 Å². The van der Waals surface area contributed by atoms with Gasteiger partial charge in [-0.15, -0.1) is 0 Å². The van der Waals surface area contributed by atoms with Gasteiger partial charge in [0.05, 0.1) is 21.2 Å². The number of sulfonamides is 1. The topological polar surface area (TPSA) is 84.5 Å². The molecule has 0 heterocycles. The molecule has 3 aromatic carbocycles. The summed E-state index contributed by atoms with van der Waals surface area (Å²) in [6.07, 6.45) is -4.73. The predicted molar refractivity (Wildman–Crippen MR) is 127 cm³/mol. The zero-order valence-electron chi connectivity index (χ0n) is 18.1. The van der Waals surface area contributed by atoms with Gasteiger partial charge in [0, 0.05) is 11.1 Å². The van der Waals surface area contributed by atoms with Gasteiger partial charge in [-0.3, -0.25) is 4.79 Å². The van der Waals surface area contributed by atoms with Gasteiger partial charge in [0.15, 0.2) is 6.61 Å². The van der Waals surface area contributed by atoms with Crippen molar-refractivity contribution < 1.29 is 31.1 Å². The standard InChI is InChI=1S/C23H19Cl2F3N2O4S/c1-14(15-5-3-2-4-6-15)30-35(32,33)17-8-10-21(19(25)12-17)34-13-22(31)29-20-9-7-16(24)11-18(20)23(26,27)28/h2-12,14,30H,13H2,1H3,(H,29,31)/t14-/m1/s1. The Morgan fingerprint density at radius 2 is 1.71 bits per heavy atom. The average molecular weight is 547 g/mol. The van der Waals surface area contributed by atoms with E-state index in [0.29, 0.717) is 6.07 Å². The molecule has 0 aliphatic heterocycles. The second kappa shape index (κ2) is 10.9. The van der Waals surface area contributed by atoms with Crippen LogP contribution in [0, 0.1) is 0 Å². The Balaban J connectivity index is 1.66. The van der Waals surface area contributed by atoms with Gasteiger partial charge in [-0.05, 0) is 48.9 Å². The van der Waals surface area contributed by atoms with E-state index in [0.717, 1.165) is 17.7 Å². The number of ether oxygens (including phenoxy) is 1. The highest BCUT2D eigenvalue weighted by Gasteiger charge is 2.34. The molecular formula is C23H19Cl2F3N2O4S. The van der Waals surface area contributed by atoms with E-state index < -0.39 is 46.0 Å². The Kier molecular flexibility index (Phi) is 8.32. The van der Waals surface area contributed by atoms with Crippen LogP contribution in [0.25, 0.3) is 0 Å². The number of amides is 1. The molecule has 1 amide bonds. The van der Waals surface area contributed by atoms with Crippen LogP contribution in [0.2, 0.25) is 10.0 Å². The van der Waals surface area contributed by atoms with E-state index in [1.807, 2.05) is 6.07 Å². The molecule has 12 heteroatoms. The van der Waals surface area contributed by atoms with E-state index in [4.69, 9.17) is 27.9 Å². The molecular weight excluding hydrogens is 528 g/mol. The SMILES string of the molecule is C[C@@H](NS(=O)(=O)c1ccc(OCC(=O)Nc2ccc(Cl)cc2C(F)(F)F)c(Cl)c1)c1ccccc1. The Bertz CT molecular complexity index is 1320. The quantitative estimate of drug-likeness (QED) is 0.359. The first-order chi connectivity index (χ1) is 16.4. The highest BCUT2D eigenvalue weighted by Crippen LogP contribution is 2.36. The second-order valence-electron chi connectivity index (χ2n) is 7.37. The molecule has 2 N–H and O–H groups in total. The van der Waals surface area contributed by atoms with Crippen molar-refractivity contribution in [3.8, 4) is 5.75 Å². The molecule has 0 bridgehead atoms. The maximum atomic E-state index is 13.2. The Hall–Kier alpha value is -2.79. The Labute approximate surface area is 210 Å². The van der Waals surface area contributed by atoms with Crippen molar-refractivity contribution in [2.24, 2.45) is 0 Å². The number of anilines is 1. The molecule has 0 aliphatic carbocycles. The van der Waals surface area contributed by atoms with Gasteiger partial charge in [0.1, 0.15) is 5.75 Å². The number of alkyl halides is 3. The van der Waals surface area contributed by atoms with Crippen molar-refractivity contribution in [3.05, 3.63) is 87.9 Å². The van der Waals surface area contributed by atoms with E-state index >= 15 is 0 Å². The first-order valence-corrected chi connectivity index (χ1v) is 12.3. The van der Waals surface area contributed by atoms with Gasteiger partial charge < -0.3 is 10.1 Å². The monoisotopic (exact) mass is 546 g/mol. The molecule has 6 nitrogen and oxygen atoms in total. The summed E-state index contributed by atoms with van der Waals surface area (Å²) in [5.41, 5.74) is -0.827. The van der Waals surface area contributed by atoms with Gasteiger partial charge in [-0.1, -0.05) is 53.5 Å². The number of carbonyl (C=O) groups excluding carboxylic acids is 1. The van der Waals surface area contributed by atoms with E-state index in [1.165, 1.54) is 18.2 Å². The number of carbonyl (C=O) groups is 1. The number of hydrogen-bond acceptors (Lipinski definition) is 4. The fraction of sp³-hybridized carbons (Fsp3) is 0.174. The number of hydrogen-bond donors (Lipinski definition) is 2. The fourth-order valence-electron chi connectivity index (χ4n) is 3.07. The highest BCUT2D eigenvalue weighted by atomic mass is 35.5. The van der Waals surface area contributed by atoms with Gasteiger partial charge in [0.2, 0.25) is 10.0 Å². The number of rotatable bonds is 8. The first kappa shape index (κ1) is 26.8. The number of nitrogens with one attached hydrogen (secondary N) is 2. The third kappa shape index (κ3) is 7.11. The summed E-state index contributed by atoms with van der Waals surface area (Å²) in [6.45, 7) is 1.02. The Morgan fingerprint density at radius 3 is 2.34 bits per heavy atom. The maximum absolute atomic E-state index is 13.2. The van der Waals surface area contributed by atoms with Crippen LogP contribution in [0.1, 0.15) is 24.1 Å². The third-order valence-corrected chi connectivity index (χ3v) is 6.83. The summed E-state index contributed by atoms with van der Waals surface area (Å²) in [4.78, 5) is 12.0. The molecule has 0 unspecified atom stereocenters. The molecule has 1 atom stereocenters. The zero-order chi connectivity index (χ0) is 25.8. The molecule has 0 fully saturated rings. The summed E-state index contributed by atoms with van der Waals surface area (Å²) in [5.74, 6) is -0.909. The minimum absolute atomic E-state index is 0.0241. The molecule has 3 rings (SSSR count). The summed E-state index contributed by atoms with van der Waals surface area (Å²) in [6, 6.07) is 15.0. The predicted octanol–water partition coefficient (Wildman–Crippen LogP) is 6.07. The molecule has 35 heavy (non-hydrogen) atoms. The van der Waals surface area contributed by atoms with E-state index in [-0.39, 0.29) is 20.7 Å². The van der Waals surface area contributed by atoms with Crippen molar-refractivity contribution >= 4 is 44.8 Å². The molecule has 0 spiro atoms. The summed E-state index contributed by atoms with van der Waals surface area (Å²) < 4.78 is 72.8. The molecule has 186 valence electrons. The van der Waals surface area contributed by atoms with Crippen LogP contribution in [-0.2, 0) is 21.0 Å². The van der Waals surface area contributed by atoms with Crippen molar-refractivity contribution in [2.75, 3.05) is 11.9 Å². The normalized spacial score (nSPS) is 12.7. The van der Waals surface area contributed by atoms with Gasteiger partial charge in [0.25, 0.3) is 5.91 Å². The van der Waals surface area contributed by atoms with Crippen LogP contribution in [0.5, 0.6) is 5.75 Å². The van der Waals surface area contributed by atoms with Gasteiger partial charge in [-0.2, -0.15) is 13.2 Å². The first-order valence-electron chi connectivity index (χ1n) is 10.0. The van der Waals surface area contributed by atoms with Crippen LogP contribution in [0.15, 0.2) is 71.6 Å². The minimum Gasteiger partial charge on any atom is -0.482 e. The summed E-state index contributed by atoms with van der Waals surface area (Å²) >= 11 is 11.7. The molecule has 0 aliphatic rings. The van der Waals surface area contributed by atoms with Crippen molar-refractivity contribution in [3.63, 3.8) is 0 Å². The van der Waals surface area contributed by atoms with Crippen molar-refractivity contribution in [2.45, 2.75) is 24.0 Å². The zero-order valence-corrected chi connectivity index (χ0v) is 20.4. The van der Waals surface area contributed by atoms with Crippen molar-refractivity contribution in [1.82, 2.24) is 4.72 Å². The smallest absolute Gasteiger partial charge is 0.418 e. The Morgan fingerprint density at radius 1 is 1.03 bits per heavy atom. The minimum atomic E-state index is -4.73. The third-order valence-electron chi connectivity index (χ3n) is 4.77. The number of benzene rings is 3. The molecule has 0 radical (unpaired) electrons. The van der Waals surface area contributed by atoms with E-state index in [9.17, 15) is 26.4 Å². The van der Waals surface area contributed by atoms with E-state index in [2.05, 4.69) is 10.0 Å². The maximum Gasteiger partial charge on any atom is 0.418 e. The number of halogens is 5. The molecule has 3 aromatic rings.